The number of anilines is 1. The quantitative estimate of drug-likeness (QED) is 0.781. The second-order valence-electron chi connectivity index (χ2n) is 3.88. The van der Waals surface area contributed by atoms with E-state index in [-0.39, 0.29) is 0 Å². The zero-order chi connectivity index (χ0) is 10.6. The predicted octanol–water partition coefficient (Wildman–Crippen LogP) is 1.07. The molecule has 0 fully saturated rings. The number of rotatable bonds is 4. The van der Waals surface area contributed by atoms with Gasteiger partial charge in [0.2, 0.25) is 5.95 Å². The Morgan fingerprint density at radius 3 is 2.36 bits per heavy atom. The van der Waals surface area contributed by atoms with Gasteiger partial charge in [0.05, 0.1) is 5.60 Å². The van der Waals surface area contributed by atoms with Crippen LogP contribution in [0.5, 0.6) is 0 Å². The summed E-state index contributed by atoms with van der Waals surface area (Å²) in [5.41, 5.74) is -0.727. The Hall–Kier alpha value is -1.16. The van der Waals surface area contributed by atoms with Crippen LogP contribution in [-0.2, 0) is 0 Å². The fourth-order valence-corrected chi connectivity index (χ4v) is 1.25. The standard InChI is InChI=1S/C10H17N3O/c1-4-13(8-10(2,3)14)9-11-6-5-7-12-9/h5-7,14H,4,8H2,1-3H3. The molecule has 0 aromatic carbocycles. The molecule has 1 heterocycles. The van der Waals surface area contributed by atoms with E-state index in [2.05, 4.69) is 9.97 Å². The van der Waals surface area contributed by atoms with Crippen LogP contribution in [0.3, 0.4) is 0 Å². The minimum atomic E-state index is -0.727. The summed E-state index contributed by atoms with van der Waals surface area (Å²) in [5, 5.41) is 9.68. The van der Waals surface area contributed by atoms with Crippen molar-refractivity contribution in [3.63, 3.8) is 0 Å². The van der Waals surface area contributed by atoms with Gasteiger partial charge in [0, 0.05) is 25.5 Å². The molecule has 1 rings (SSSR count). The normalized spacial score (nSPS) is 11.4. The van der Waals surface area contributed by atoms with E-state index in [9.17, 15) is 5.11 Å². The fraction of sp³-hybridized carbons (Fsp3) is 0.600. The van der Waals surface area contributed by atoms with Crippen LogP contribution in [-0.4, -0.2) is 33.8 Å². The van der Waals surface area contributed by atoms with Crippen molar-refractivity contribution in [2.24, 2.45) is 0 Å². The third-order valence-electron chi connectivity index (χ3n) is 1.79. The van der Waals surface area contributed by atoms with Crippen molar-refractivity contribution in [2.45, 2.75) is 26.4 Å². The van der Waals surface area contributed by atoms with Gasteiger partial charge < -0.3 is 10.0 Å². The summed E-state index contributed by atoms with van der Waals surface area (Å²) in [6.07, 6.45) is 3.41. The van der Waals surface area contributed by atoms with Crippen LogP contribution >= 0.6 is 0 Å². The van der Waals surface area contributed by atoms with Crippen molar-refractivity contribution in [1.82, 2.24) is 9.97 Å². The zero-order valence-corrected chi connectivity index (χ0v) is 8.94. The van der Waals surface area contributed by atoms with Crippen LogP contribution in [0.15, 0.2) is 18.5 Å². The summed E-state index contributed by atoms with van der Waals surface area (Å²) in [7, 11) is 0. The fourth-order valence-electron chi connectivity index (χ4n) is 1.25. The lowest BCUT2D eigenvalue weighted by Crippen LogP contribution is -2.39. The average Bonchev–Trinajstić information content (AvgIpc) is 2.14. The lowest BCUT2D eigenvalue weighted by Gasteiger charge is -2.27. The van der Waals surface area contributed by atoms with E-state index in [1.165, 1.54) is 0 Å². The molecule has 0 amide bonds. The molecule has 0 radical (unpaired) electrons. The first-order chi connectivity index (χ1) is 6.53. The largest absolute Gasteiger partial charge is 0.389 e. The number of likely N-dealkylation sites (N-methyl/N-ethyl adjacent to an activating group) is 1. The summed E-state index contributed by atoms with van der Waals surface area (Å²) < 4.78 is 0. The minimum absolute atomic E-state index is 0.535. The number of aromatic nitrogens is 2. The summed E-state index contributed by atoms with van der Waals surface area (Å²) in [4.78, 5) is 10.2. The van der Waals surface area contributed by atoms with Gasteiger partial charge in [0.1, 0.15) is 0 Å². The average molecular weight is 195 g/mol. The monoisotopic (exact) mass is 195 g/mol. The molecule has 1 aromatic rings. The third-order valence-corrected chi connectivity index (χ3v) is 1.79. The van der Waals surface area contributed by atoms with Crippen LogP contribution in [0.2, 0.25) is 0 Å². The molecular weight excluding hydrogens is 178 g/mol. The molecule has 0 unspecified atom stereocenters. The van der Waals surface area contributed by atoms with Gasteiger partial charge in [-0.3, -0.25) is 0 Å². The smallest absolute Gasteiger partial charge is 0.225 e. The highest BCUT2D eigenvalue weighted by molar-refractivity contribution is 5.28. The van der Waals surface area contributed by atoms with Crippen molar-refractivity contribution in [1.29, 1.82) is 0 Å². The number of hydrogen-bond acceptors (Lipinski definition) is 4. The highest BCUT2D eigenvalue weighted by Crippen LogP contribution is 2.10. The minimum Gasteiger partial charge on any atom is -0.389 e. The van der Waals surface area contributed by atoms with Crippen LogP contribution < -0.4 is 4.90 Å². The first-order valence-electron chi connectivity index (χ1n) is 4.77. The molecule has 1 N–H and O–H groups in total. The lowest BCUT2D eigenvalue weighted by atomic mass is 10.1. The van der Waals surface area contributed by atoms with Gasteiger partial charge in [-0.2, -0.15) is 0 Å². The Balaban J connectivity index is 2.73. The van der Waals surface area contributed by atoms with Gasteiger partial charge in [0.25, 0.3) is 0 Å². The van der Waals surface area contributed by atoms with E-state index in [1.54, 1.807) is 32.3 Å². The first kappa shape index (κ1) is 10.9. The predicted molar refractivity (Wildman–Crippen MR) is 56.2 cm³/mol. The summed E-state index contributed by atoms with van der Waals surface area (Å²) in [5.74, 6) is 0.664. The second kappa shape index (κ2) is 4.37. The molecule has 14 heavy (non-hydrogen) atoms. The van der Waals surface area contributed by atoms with Gasteiger partial charge >= 0.3 is 0 Å². The first-order valence-corrected chi connectivity index (χ1v) is 4.77. The zero-order valence-electron chi connectivity index (χ0n) is 8.94. The molecule has 0 atom stereocenters. The van der Waals surface area contributed by atoms with Crippen LogP contribution in [0, 0.1) is 0 Å². The van der Waals surface area contributed by atoms with Gasteiger partial charge in [-0.1, -0.05) is 0 Å². The second-order valence-corrected chi connectivity index (χ2v) is 3.88. The molecule has 0 aliphatic carbocycles. The van der Waals surface area contributed by atoms with Crippen LogP contribution in [0.4, 0.5) is 5.95 Å². The van der Waals surface area contributed by atoms with Gasteiger partial charge in [-0.15, -0.1) is 0 Å². The highest BCUT2D eigenvalue weighted by Gasteiger charge is 2.18. The number of hydrogen-bond donors (Lipinski definition) is 1. The molecule has 4 heteroatoms. The highest BCUT2D eigenvalue weighted by atomic mass is 16.3. The van der Waals surface area contributed by atoms with E-state index < -0.39 is 5.60 Å². The SMILES string of the molecule is CCN(CC(C)(C)O)c1ncccn1. The molecule has 1 aromatic heterocycles. The number of aliphatic hydroxyl groups is 1. The number of nitrogens with zero attached hydrogens (tertiary/aromatic N) is 3. The van der Waals surface area contributed by atoms with Crippen LogP contribution in [0.1, 0.15) is 20.8 Å². The van der Waals surface area contributed by atoms with Crippen molar-refractivity contribution >= 4 is 5.95 Å². The Kier molecular flexibility index (Phi) is 3.41. The summed E-state index contributed by atoms with van der Waals surface area (Å²) in [6, 6.07) is 1.78. The Morgan fingerprint density at radius 2 is 1.93 bits per heavy atom. The van der Waals surface area contributed by atoms with Crippen molar-refractivity contribution in [2.75, 3.05) is 18.0 Å². The maximum atomic E-state index is 9.68. The molecule has 0 saturated carbocycles. The van der Waals surface area contributed by atoms with Gasteiger partial charge in [-0.05, 0) is 26.8 Å². The van der Waals surface area contributed by atoms with E-state index in [4.69, 9.17) is 0 Å². The summed E-state index contributed by atoms with van der Waals surface area (Å²) >= 11 is 0. The molecule has 0 spiro atoms. The summed E-state index contributed by atoms with van der Waals surface area (Å²) in [6.45, 7) is 6.89. The third kappa shape index (κ3) is 3.30. The molecule has 78 valence electrons. The van der Waals surface area contributed by atoms with E-state index in [0.29, 0.717) is 12.5 Å². The van der Waals surface area contributed by atoms with Crippen molar-refractivity contribution in [3.8, 4) is 0 Å². The molecule has 0 bridgehead atoms. The van der Waals surface area contributed by atoms with Gasteiger partial charge in [-0.25, -0.2) is 9.97 Å². The molecule has 4 nitrogen and oxygen atoms in total. The molecule has 0 aliphatic rings. The van der Waals surface area contributed by atoms with Crippen molar-refractivity contribution in [3.05, 3.63) is 18.5 Å². The van der Waals surface area contributed by atoms with E-state index in [1.807, 2.05) is 11.8 Å². The molecule has 0 aliphatic heterocycles. The Bertz CT molecular complexity index is 268. The maximum absolute atomic E-state index is 9.68. The van der Waals surface area contributed by atoms with Gasteiger partial charge in [0.15, 0.2) is 0 Å². The topological polar surface area (TPSA) is 49.2 Å². The Morgan fingerprint density at radius 1 is 1.36 bits per heavy atom. The maximum Gasteiger partial charge on any atom is 0.225 e. The van der Waals surface area contributed by atoms with Crippen LogP contribution in [0.25, 0.3) is 0 Å². The molecule has 0 saturated heterocycles. The van der Waals surface area contributed by atoms with E-state index in [0.717, 1.165) is 6.54 Å². The van der Waals surface area contributed by atoms with E-state index >= 15 is 0 Å². The van der Waals surface area contributed by atoms with Crippen molar-refractivity contribution < 1.29 is 5.11 Å². The molecular formula is C10H17N3O. The lowest BCUT2D eigenvalue weighted by molar-refractivity contribution is 0.0872. The Labute approximate surface area is 84.6 Å².